The van der Waals surface area contributed by atoms with Gasteiger partial charge in [-0.15, -0.1) is 0 Å². The zero-order valence-corrected chi connectivity index (χ0v) is 17.9. The second-order valence-corrected chi connectivity index (χ2v) is 9.39. The van der Waals surface area contributed by atoms with Gasteiger partial charge in [0, 0.05) is 81.1 Å². The van der Waals surface area contributed by atoms with Crippen molar-refractivity contribution in [3.63, 3.8) is 0 Å². The van der Waals surface area contributed by atoms with Crippen molar-refractivity contribution < 1.29 is 9.90 Å². The molecule has 2 aliphatic heterocycles. The van der Waals surface area contributed by atoms with Gasteiger partial charge < -0.3 is 15.0 Å². The van der Waals surface area contributed by atoms with Gasteiger partial charge in [-0.3, -0.25) is 14.6 Å². The normalized spacial score (nSPS) is 22.5. The Balaban J connectivity index is 1.21. The monoisotopic (exact) mass is 410 g/mol. The number of amides is 1. The van der Waals surface area contributed by atoms with Crippen LogP contribution >= 0.6 is 0 Å². The van der Waals surface area contributed by atoms with Gasteiger partial charge in [0.1, 0.15) is 0 Å². The van der Waals surface area contributed by atoms with Crippen LogP contribution in [0.3, 0.4) is 0 Å². The summed E-state index contributed by atoms with van der Waals surface area (Å²) in [5.41, 5.74) is 3.13. The number of fused-ring (bicyclic) bond motifs is 1. The third kappa shape index (κ3) is 4.01. The van der Waals surface area contributed by atoms with Gasteiger partial charge in [0.15, 0.2) is 0 Å². The Morgan fingerprint density at radius 1 is 1.03 bits per heavy atom. The van der Waals surface area contributed by atoms with Gasteiger partial charge >= 0.3 is 0 Å². The molecule has 3 fully saturated rings. The lowest BCUT2D eigenvalue weighted by atomic mass is 9.91. The first-order chi connectivity index (χ1) is 14.7. The summed E-state index contributed by atoms with van der Waals surface area (Å²) >= 11 is 0. The van der Waals surface area contributed by atoms with E-state index in [4.69, 9.17) is 0 Å². The summed E-state index contributed by atoms with van der Waals surface area (Å²) < 4.78 is 0. The average molecular weight is 411 g/mol. The van der Waals surface area contributed by atoms with Gasteiger partial charge in [0.25, 0.3) is 5.91 Å². The van der Waals surface area contributed by atoms with Crippen LogP contribution in [-0.2, 0) is 6.54 Å². The van der Waals surface area contributed by atoms with Gasteiger partial charge in [-0.2, -0.15) is 0 Å². The van der Waals surface area contributed by atoms with Crippen molar-refractivity contribution in [1.82, 2.24) is 19.7 Å². The summed E-state index contributed by atoms with van der Waals surface area (Å²) in [4.78, 5) is 23.5. The quantitative estimate of drug-likeness (QED) is 0.796. The fourth-order valence-corrected chi connectivity index (χ4v) is 5.23. The number of aromatic amines is 1. The highest BCUT2D eigenvalue weighted by Crippen LogP contribution is 2.27. The van der Waals surface area contributed by atoms with Crippen LogP contribution in [-0.4, -0.2) is 82.6 Å². The van der Waals surface area contributed by atoms with Crippen LogP contribution in [0.1, 0.15) is 48.0 Å². The van der Waals surface area contributed by atoms with E-state index in [1.54, 1.807) is 0 Å². The van der Waals surface area contributed by atoms with Crippen molar-refractivity contribution in [3.05, 3.63) is 35.5 Å². The minimum Gasteiger partial charge on any atom is -0.396 e. The molecular formula is C24H34N4O2. The van der Waals surface area contributed by atoms with E-state index in [0.29, 0.717) is 5.92 Å². The lowest BCUT2D eigenvalue weighted by molar-refractivity contribution is 0.0589. The summed E-state index contributed by atoms with van der Waals surface area (Å²) in [6.45, 7) is 7.36. The average Bonchev–Trinajstić information content (AvgIpc) is 3.15. The summed E-state index contributed by atoms with van der Waals surface area (Å²) in [6, 6.07) is 6.95. The second kappa shape index (κ2) is 8.69. The largest absolute Gasteiger partial charge is 0.396 e. The molecule has 0 unspecified atom stereocenters. The Morgan fingerprint density at radius 2 is 1.80 bits per heavy atom. The number of aromatic nitrogens is 1. The van der Waals surface area contributed by atoms with Crippen LogP contribution in [0.15, 0.2) is 24.4 Å². The number of carbonyl (C=O) groups excluding carboxylic acids is 1. The fourth-order valence-electron chi connectivity index (χ4n) is 5.23. The van der Waals surface area contributed by atoms with Gasteiger partial charge in [-0.05, 0) is 49.3 Å². The van der Waals surface area contributed by atoms with Gasteiger partial charge in [0.05, 0.1) is 0 Å². The lowest BCUT2D eigenvalue weighted by Gasteiger charge is -2.43. The maximum absolute atomic E-state index is 12.9. The van der Waals surface area contributed by atoms with E-state index in [0.717, 1.165) is 62.7 Å². The molecule has 6 nitrogen and oxygen atoms in total. The highest BCUT2D eigenvalue weighted by molar-refractivity contribution is 5.98. The molecule has 0 radical (unpaired) electrons. The number of hydrogen-bond donors (Lipinski definition) is 2. The van der Waals surface area contributed by atoms with E-state index >= 15 is 0 Å². The first-order valence-electron chi connectivity index (χ1n) is 11.7. The maximum Gasteiger partial charge on any atom is 0.253 e. The molecule has 2 saturated heterocycles. The van der Waals surface area contributed by atoms with E-state index in [-0.39, 0.29) is 12.5 Å². The van der Waals surface area contributed by atoms with Crippen LogP contribution < -0.4 is 0 Å². The number of nitrogens with one attached hydrogen (secondary N) is 1. The molecule has 1 aromatic carbocycles. The molecule has 0 bridgehead atoms. The van der Waals surface area contributed by atoms with Crippen LogP contribution in [0.2, 0.25) is 0 Å². The standard InChI is InChI=1S/C24H34N4O2/c29-17-18-6-8-28(9-7-18)24(30)19-4-5-22-20(15-25-23(22)14-19)16-26-10-12-27(13-11-26)21-2-1-3-21/h4-5,14-15,18,21,25,29H,1-3,6-13,16-17H2. The number of carbonyl (C=O) groups is 1. The molecule has 1 amide bonds. The predicted molar refractivity (Wildman–Crippen MR) is 119 cm³/mol. The van der Waals surface area contributed by atoms with Crippen LogP contribution in [0.25, 0.3) is 10.9 Å². The molecule has 6 heteroatoms. The number of piperidine rings is 1. The zero-order chi connectivity index (χ0) is 20.5. The third-order valence-electron chi connectivity index (χ3n) is 7.57. The molecule has 0 spiro atoms. The number of aliphatic hydroxyl groups excluding tert-OH is 1. The van der Waals surface area contributed by atoms with Crippen molar-refractivity contribution in [1.29, 1.82) is 0 Å². The smallest absolute Gasteiger partial charge is 0.253 e. The summed E-state index contributed by atoms with van der Waals surface area (Å²) in [6.07, 6.45) is 8.10. The molecule has 1 aliphatic carbocycles. The van der Waals surface area contributed by atoms with Crippen molar-refractivity contribution in [3.8, 4) is 0 Å². The molecule has 1 aromatic heterocycles. The number of benzene rings is 1. The predicted octanol–water partition coefficient (Wildman–Crippen LogP) is 2.68. The SMILES string of the molecule is O=C(c1ccc2c(CN3CCN(C4CCC4)CC3)c[nH]c2c1)N1CCC(CO)CC1. The Morgan fingerprint density at radius 3 is 2.47 bits per heavy atom. The lowest BCUT2D eigenvalue weighted by Crippen LogP contribution is -2.51. The summed E-state index contributed by atoms with van der Waals surface area (Å²) in [5, 5.41) is 10.5. The van der Waals surface area contributed by atoms with Crippen LogP contribution in [0, 0.1) is 5.92 Å². The Bertz CT molecular complexity index is 874. The second-order valence-electron chi connectivity index (χ2n) is 9.39. The fraction of sp³-hybridized carbons (Fsp3) is 0.625. The van der Waals surface area contributed by atoms with E-state index in [1.807, 2.05) is 17.0 Å². The van der Waals surface area contributed by atoms with Crippen molar-refractivity contribution in [2.45, 2.75) is 44.7 Å². The van der Waals surface area contributed by atoms with Gasteiger partial charge in [0.2, 0.25) is 0 Å². The molecule has 2 N–H and O–H groups in total. The molecular weight excluding hydrogens is 376 g/mol. The van der Waals surface area contributed by atoms with Crippen LogP contribution in [0.4, 0.5) is 0 Å². The van der Waals surface area contributed by atoms with Crippen molar-refractivity contribution in [2.75, 3.05) is 45.9 Å². The minimum atomic E-state index is 0.108. The number of likely N-dealkylation sites (tertiary alicyclic amines) is 1. The van der Waals surface area contributed by atoms with Gasteiger partial charge in [-0.1, -0.05) is 12.5 Å². The van der Waals surface area contributed by atoms with Crippen molar-refractivity contribution in [2.24, 2.45) is 5.92 Å². The Labute approximate surface area is 178 Å². The van der Waals surface area contributed by atoms with E-state index in [1.165, 1.54) is 43.3 Å². The zero-order valence-electron chi connectivity index (χ0n) is 17.9. The first kappa shape index (κ1) is 20.0. The Hall–Kier alpha value is -1.89. The number of piperazine rings is 1. The van der Waals surface area contributed by atoms with E-state index in [2.05, 4.69) is 27.0 Å². The van der Waals surface area contributed by atoms with Crippen LogP contribution in [0.5, 0.6) is 0 Å². The minimum absolute atomic E-state index is 0.108. The number of rotatable bonds is 5. The molecule has 5 rings (SSSR count). The first-order valence-corrected chi connectivity index (χ1v) is 11.7. The molecule has 0 atom stereocenters. The molecule has 1 saturated carbocycles. The molecule has 162 valence electrons. The number of hydrogen-bond acceptors (Lipinski definition) is 4. The highest BCUT2D eigenvalue weighted by Gasteiger charge is 2.28. The number of aliphatic hydroxyl groups is 1. The molecule has 30 heavy (non-hydrogen) atoms. The van der Waals surface area contributed by atoms with Crippen molar-refractivity contribution >= 4 is 16.8 Å². The summed E-state index contributed by atoms with van der Waals surface area (Å²) in [7, 11) is 0. The summed E-state index contributed by atoms with van der Waals surface area (Å²) in [5.74, 6) is 0.453. The maximum atomic E-state index is 12.9. The highest BCUT2D eigenvalue weighted by atomic mass is 16.3. The molecule has 2 aromatic rings. The van der Waals surface area contributed by atoms with E-state index in [9.17, 15) is 9.90 Å². The Kier molecular flexibility index (Phi) is 5.81. The molecule has 3 heterocycles. The molecule has 3 aliphatic rings. The number of H-pyrrole nitrogens is 1. The van der Waals surface area contributed by atoms with Gasteiger partial charge in [-0.25, -0.2) is 0 Å². The third-order valence-corrected chi connectivity index (χ3v) is 7.57. The topological polar surface area (TPSA) is 62.8 Å². The van der Waals surface area contributed by atoms with E-state index < -0.39 is 0 Å². The number of nitrogens with zero attached hydrogens (tertiary/aromatic N) is 3.